The average Bonchev–Trinajstić information content (AvgIpc) is 2.63. The zero-order valence-corrected chi connectivity index (χ0v) is 10.8. The Balaban J connectivity index is 2.19. The quantitative estimate of drug-likeness (QED) is 0.790. The van der Waals surface area contributed by atoms with Gasteiger partial charge in [-0.3, -0.25) is 0 Å². The molecule has 6 heteroatoms. The zero-order chi connectivity index (χ0) is 12.4. The molecule has 17 heavy (non-hydrogen) atoms. The molecule has 1 unspecified atom stereocenters. The van der Waals surface area contributed by atoms with E-state index in [9.17, 15) is 0 Å². The van der Waals surface area contributed by atoms with Crippen LogP contribution in [0.15, 0.2) is 6.20 Å². The van der Waals surface area contributed by atoms with E-state index in [4.69, 9.17) is 22.7 Å². The number of aryl methyl sites for hydroxylation is 1. The Kier molecular flexibility index (Phi) is 3.54. The van der Waals surface area contributed by atoms with Crippen molar-refractivity contribution in [1.82, 2.24) is 14.9 Å². The number of ether oxygens (including phenoxy) is 1. The summed E-state index contributed by atoms with van der Waals surface area (Å²) in [4.78, 5) is 10.8. The molecule has 1 aromatic rings. The van der Waals surface area contributed by atoms with E-state index in [1.165, 1.54) is 0 Å². The molecule has 1 aromatic heterocycles. The molecule has 1 aliphatic heterocycles. The number of nitrogens with zero attached hydrogens (tertiary/aromatic N) is 3. The smallest absolute Gasteiger partial charge is 0.227 e. The van der Waals surface area contributed by atoms with Crippen LogP contribution in [0.1, 0.15) is 17.8 Å². The lowest BCUT2D eigenvalue weighted by Crippen LogP contribution is -2.24. The molecule has 2 heterocycles. The molecule has 5 nitrogen and oxygen atoms in total. The van der Waals surface area contributed by atoms with Crippen LogP contribution in [0, 0.1) is 6.92 Å². The summed E-state index contributed by atoms with van der Waals surface area (Å²) in [6.45, 7) is 3.76. The highest BCUT2D eigenvalue weighted by Gasteiger charge is 2.23. The Hall–Kier alpha value is -1.27. The van der Waals surface area contributed by atoms with Crippen molar-refractivity contribution in [3.63, 3.8) is 0 Å². The van der Waals surface area contributed by atoms with Crippen molar-refractivity contribution in [2.75, 3.05) is 20.1 Å². The first kappa shape index (κ1) is 12.2. The van der Waals surface area contributed by atoms with Crippen molar-refractivity contribution < 1.29 is 4.74 Å². The molecular formula is C11H16N4OS. The Bertz CT molecular complexity index is 437. The second-order valence-corrected chi connectivity index (χ2v) is 4.73. The maximum absolute atomic E-state index is 5.86. The lowest BCUT2D eigenvalue weighted by molar-refractivity contribution is 0.199. The van der Waals surface area contributed by atoms with Gasteiger partial charge in [0.2, 0.25) is 5.88 Å². The van der Waals surface area contributed by atoms with Gasteiger partial charge < -0.3 is 15.4 Å². The minimum Gasteiger partial charge on any atom is -0.472 e. The monoisotopic (exact) mass is 252 g/mol. The molecule has 0 radical (unpaired) electrons. The molecule has 2 rings (SSSR count). The van der Waals surface area contributed by atoms with E-state index in [0.29, 0.717) is 17.3 Å². The van der Waals surface area contributed by atoms with Gasteiger partial charge in [0.15, 0.2) is 0 Å². The number of hydrogen-bond donors (Lipinski definition) is 1. The predicted molar refractivity (Wildman–Crippen MR) is 69.2 cm³/mol. The summed E-state index contributed by atoms with van der Waals surface area (Å²) in [5, 5.41) is 0. The third-order valence-electron chi connectivity index (χ3n) is 2.77. The Morgan fingerprint density at radius 1 is 1.65 bits per heavy atom. The Morgan fingerprint density at radius 3 is 3.00 bits per heavy atom. The molecule has 0 aliphatic carbocycles. The van der Waals surface area contributed by atoms with Crippen LogP contribution in [0.4, 0.5) is 0 Å². The fraction of sp³-hybridized carbons (Fsp3) is 0.545. The first-order valence-corrected chi connectivity index (χ1v) is 5.95. The molecule has 2 N–H and O–H groups in total. The van der Waals surface area contributed by atoms with Gasteiger partial charge in [-0.1, -0.05) is 12.2 Å². The normalized spacial score (nSPS) is 20.5. The van der Waals surface area contributed by atoms with Gasteiger partial charge in [-0.25, -0.2) is 4.98 Å². The summed E-state index contributed by atoms with van der Waals surface area (Å²) in [5.74, 6) is 1.16. The van der Waals surface area contributed by atoms with Gasteiger partial charge in [-0.15, -0.1) is 0 Å². The highest BCUT2D eigenvalue weighted by atomic mass is 32.1. The second-order valence-electron chi connectivity index (χ2n) is 4.29. The average molecular weight is 252 g/mol. The van der Waals surface area contributed by atoms with Gasteiger partial charge >= 0.3 is 0 Å². The number of likely N-dealkylation sites (N-methyl/N-ethyl adjacent to an activating group) is 1. The van der Waals surface area contributed by atoms with Crippen molar-refractivity contribution in [3.8, 4) is 5.88 Å². The van der Waals surface area contributed by atoms with E-state index >= 15 is 0 Å². The van der Waals surface area contributed by atoms with Crippen LogP contribution in [0.25, 0.3) is 0 Å². The molecule has 1 fully saturated rings. The standard InChI is InChI=1S/C11H16N4OS/c1-7-13-5-9(10(12)17)11(14-7)16-8-3-4-15(2)6-8/h5,8H,3-4,6H2,1-2H3,(H2,12,17). The minimum atomic E-state index is 0.155. The van der Waals surface area contributed by atoms with Crippen molar-refractivity contribution in [1.29, 1.82) is 0 Å². The highest BCUT2D eigenvalue weighted by molar-refractivity contribution is 7.80. The van der Waals surface area contributed by atoms with Crippen LogP contribution in [0.2, 0.25) is 0 Å². The van der Waals surface area contributed by atoms with Gasteiger partial charge in [0.25, 0.3) is 0 Å². The maximum atomic E-state index is 5.86. The topological polar surface area (TPSA) is 64.3 Å². The van der Waals surface area contributed by atoms with Crippen LogP contribution < -0.4 is 10.5 Å². The van der Waals surface area contributed by atoms with E-state index in [2.05, 4.69) is 21.9 Å². The minimum absolute atomic E-state index is 0.155. The fourth-order valence-electron chi connectivity index (χ4n) is 1.86. The van der Waals surface area contributed by atoms with Gasteiger partial charge in [0.1, 0.15) is 16.9 Å². The summed E-state index contributed by atoms with van der Waals surface area (Å²) in [5.41, 5.74) is 6.24. The van der Waals surface area contributed by atoms with E-state index < -0.39 is 0 Å². The molecule has 0 aromatic carbocycles. The molecule has 92 valence electrons. The third-order valence-corrected chi connectivity index (χ3v) is 2.99. The van der Waals surface area contributed by atoms with Crippen molar-refractivity contribution in [2.45, 2.75) is 19.4 Å². The van der Waals surface area contributed by atoms with E-state index in [0.717, 1.165) is 19.5 Å². The van der Waals surface area contributed by atoms with Crippen LogP contribution >= 0.6 is 12.2 Å². The number of rotatable bonds is 3. The first-order chi connectivity index (χ1) is 8.06. The van der Waals surface area contributed by atoms with Crippen molar-refractivity contribution >= 4 is 17.2 Å². The third kappa shape index (κ3) is 2.89. The van der Waals surface area contributed by atoms with Gasteiger partial charge in [0.05, 0.1) is 5.56 Å². The van der Waals surface area contributed by atoms with Crippen molar-refractivity contribution in [2.24, 2.45) is 5.73 Å². The first-order valence-electron chi connectivity index (χ1n) is 5.55. The number of hydrogen-bond acceptors (Lipinski definition) is 5. The van der Waals surface area contributed by atoms with Crippen molar-refractivity contribution in [3.05, 3.63) is 17.6 Å². The molecule has 1 saturated heterocycles. The highest BCUT2D eigenvalue weighted by Crippen LogP contribution is 2.19. The number of nitrogens with two attached hydrogens (primary N) is 1. The Morgan fingerprint density at radius 2 is 2.41 bits per heavy atom. The molecule has 1 atom stereocenters. The molecule has 0 spiro atoms. The molecule has 0 saturated carbocycles. The summed E-state index contributed by atoms with van der Waals surface area (Å²) >= 11 is 4.96. The largest absolute Gasteiger partial charge is 0.472 e. The zero-order valence-electron chi connectivity index (χ0n) is 10.0. The maximum Gasteiger partial charge on any atom is 0.227 e. The van der Waals surface area contributed by atoms with Gasteiger partial charge in [-0.05, 0) is 20.4 Å². The molecule has 1 aliphatic rings. The predicted octanol–water partition coefficient (Wildman–Crippen LogP) is 0.502. The van der Waals surface area contributed by atoms with Crippen LogP contribution in [-0.2, 0) is 0 Å². The van der Waals surface area contributed by atoms with E-state index in [1.54, 1.807) is 6.20 Å². The van der Waals surface area contributed by atoms with Crippen LogP contribution in [-0.4, -0.2) is 46.1 Å². The molecule has 0 bridgehead atoms. The van der Waals surface area contributed by atoms with Crippen LogP contribution in [0.3, 0.4) is 0 Å². The SMILES string of the molecule is Cc1ncc(C(N)=S)c(OC2CCN(C)C2)n1. The Labute approximate surface area is 106 Å². The summed E-state index contributed by atoms with van der Waals surface area (Å²) in [6.07, 6.45) is 2.78. The summed E-state index contributed by atoms with van der Waals surface area (Å²) in [7, 11) is 2.07. The molecular weight excluding hydrogens is 236 g/mol. The fourth-order valence-corrected chi connectivity index (χ4v) is 2.00. The van der Waals surface area contributed by atoms with E-state index in [-0.39, 0.29) is 11.1 Å². The molecule has 0 amide bonds. The van der Waals surface area contributed by atoms with Gasteiger partial charge in [-0.2, -0.15) is 4.98 Å². The number of likely N-dealkylation sites (tertiary alicyclic amines) is 1. The number of thiocarbonyl (C=S) groups is 1. The van der Waals surface area contributed by atoms with E-state index in [1.807, 2.05) is 6.92 Å². The lowest BCUT2D eigenvalue weighted by Gasteiger charge is -2.15. The summed E-state index contributed by atoms with van der Waals surface area (Å²) in [6, 6.07) is 0. The van der Waals surface area contributed by atoms with Crippen LogP contribution in [0.5, 0.6) is 5.88 Å². The van der Waals surface area contributed by atoms with Gasteiger partial charge in [0, 0.05) is 19.3 Å². The second kappa shape index (κ2) is 4.93. The lowest BCUT2D eigenvalue weighted by atomic mass is 10.3. The number of aromatic nitrogens is 2. The summed E-state index contributed by atoms with van der Waals surface area (Å²) < 4.78 is 5.86.